The van der Waals surface area contributed by atoms with Crippen LogP contribution in [0.3, 0.4) is 0 Å². The quantitative estimate of drug-likeness (QED) is 0.357. The molecule has 8 heteroatoms. The first-order valence-electron chi connectivity index (χ1n) is 11.1. The van der Waals surface area contributed by atoms with E-state index in [-0.39, 0.29) is 36.2 Å². The van der Waals surface area contributed by atoms with Crippen LogP contribution in [0.5, 0.6) is 0 Å². The molecule has 2 unspecified atom stereocenters. The molecule has 174 valence electrons. The molecular formula is C24H34IN5O2. The number of halogens is 1. The van der Waals surface area contributed by atoms with Gasteiger partial charge in [0.05, 0.1) is 25.9 Å². The minimum Gasteiger partial charge on any atom is -0.375 e. The number of ether oxygens (including phenoxy) is 2. The van der Waals surface area contributed by atoms with E-state index < -0.39 is 0 Å². The van der Waals surface area contributed by atoms with E-state index in [1.165, 1.54) is 11.1 Å². The first-order valence-corrected chi connectivity index (χ1v) is 11.1. The number of hydrogen-bond donors (Lipinski definition) is 1. The second-order valence-corrected chi connectivity index (χ2v) is 8.21. The monoisotopic (exact) mass is 551 g/mol. The summed E-state index contributed by atoms with van der Waals surface area (Å²) in [6, 6.07) is 12.7. The lowest BCUT2D eigenvalue weighted by molar-refractivity contribution is -0.00834. The van der Waals surface area contributed by atoms with Gasteiger partial charge in [-0.2, -0.15) is 0 Å². The van der Waals surface area contributed by atoms with Gasteiger partial charge in [-0.3, -0.25) is 4.99 Å². The van der Waals surface area contributed by atoms with Gasteiger partial charge in [0.2, 0.25) is 0 Å². The number of rotatable bonds is 4. The van der Waals surface area contributed by atoms with E-state index in [1.54, 1.807) is 0 Å². The highest BCUT2D eigenvalue weighted by Gasteiger charge is 2.25. The molecular weight excluding hydrogens is 517 g/mol. The average Bonchev–Trinajstić information content (AvgIpc) is 2.80. The first kappa shape index (κ1) is 24.7. The summed E-state index contributed by atoms with van der Waals surface area (Å²) in [5.74, 6) is 1.91. The molecule has 0 radical (unpaired) electrons. The van der Waals surface area contributed by atoms with Crippen molar-refractivity contribution in [2.45, 2.75) is 32.6 Å². The Balaban J connectivity index is 0.00000289. The standard InChI is InChI=1S/C24H33N5O2.HI/c1-18-6-4-5-7-21(18)22-17-29(11-13-31-22)24(25-3)27-15-20-8-9-23(26-14-20)28-10-12-30-19(2)16-28;/h4-9,14,19,22H,10-13,15-17H2,1-3H3,(H,25,27);1H. The molecule has 2 fully saturated rings. The van der Waals surface area contributed by atoms with Crippen molar-refractivity contribution in [1.82, 2.24) is 15.2 Å². The zero-order chi connectivity index (χ0) is 21.6. The number of aliphatic imine (C=N–C) groups is 1. The Hall–Kier alpha value is -1.91. The van der Waals surface area contributed by atoms with Crippen LogP contribution in [0.2, 0.25) is 0 Å². The van der Waals surface area contributed by atoms with Gasteiger partial charge >= 0.3 is 0 Å². The minimum atomic E-state index is 0. The number of anilines is 1. The fraction of sp³-hybridized carbons (Fsp3) is 0.500. The Morgan fingerprint density at radius 2 is 1.94 bits per heavy atom. The van der Waals surface area contributed by atoms with Crippen LogP contribution in [0, 0.1) is 6.92 Å². The predicted molar refractivity (Wildman–Crippen MR) is 139 cm³/mol. The van der Waals surface area contributed by atoms with Gasteiger partial charge in [0, 0.05) is 39.4 Å². The lowest BCUT2D eigenvalue weighted by atomic mass is 10.0. The number of guanidine groups is 1. The molecule has 1 aromatic heterocycles. The topological polar surface area (TPSA) is 62.2 Å². The third kappa shape index (κ3) is 6.11. The molecule has 0 bridgehead atoms. The highest BCUT2D eigenvalue weighted by atomic mass is 127. The summed E-state index contributed by atoms with van der Waals surface area (Å²) in [5, 5.41) is 3.49. The van der Waals surface area contributed by atoms with E-state index in [1.807, 2.05) is 13.2 Å². The number of hydrogen-bond acceptors (Lipinski definition) is 5. The molecule has 2 saturated heterocycles. The Labute approximate surface area is 208 Å². The van der Waals surface area contributed by atoms with E-state index in [2.05, 4.69) is 75.3 Å². The average molecular weight is 551 g/mol. The van der Waals surface area contributed by atoms with E-state index in [9.17, 15) is 0 Å². The van der Waals surface area contributed by atoms with Crippen LogP contribution < -0.4 is 10.2 Å². The number of benzene rings is 1. The van der Waals surface area contributed by atoms with Gasteiger partial charge in [0.25, 0.3) is 0 Å². The second kappa shape index (κ2) is 11.8. The third-order valence-corrected chi connectivity index (χ3v) is 5.94. The SMILES string of the molecule is CN=C(NCc1ccc(N2CCOC(C)C2)nc1)N1CCOC(c2ccccc2C)C1.I. The maximum absolute atomic E-state index is 6.06. The van der Waals surface area contributed by atoms with Gasteiger partial charge in [0.15, 0.2) is 5.96 Å². The van der Waals surface area contributed by atoms with E-state index >= 15 is 0 Å². The van der Waals surface area contributed by atoms with Gasteiger partial charge in [0.1, 0.15) is 11.9 Å². The normalized spacial score (nSPS) is 21.8. The van der Waals surface area contributed by atoms with Crippen LogP contribution in [0.4, 0.5) is 5.82 Å². The van der Waals surface area contributed by atoms with Gasteiger partial charge < -0.3 is 24.6 Å². The highest BCUT2D eigenvalue weighted by molar-refractivity contribution is 14.0. The van der Waals surface area contributed by atoms with Gasteiger partial charge in [-0.1, -0.05) is 30.3 Å². The first-order chi connectivity index (χ1) is 15.1. The zero-order valence-electron chi connectivity index (χ0n) is 19.2. The fourth-order valence-corrected chi connectivity index (χ4v) is 4.23. The van der Waals surface area contributed by atoms with Crippen molar-refractivity contribution in [3.63, 3.8) is 0 Å². The van der Waals surface area contributed by atoms with Crippen molar-refractivity contribution in [1.29, 1.82) is 0 Å². The number of nitrogens with zero attached hydrogens (tertiary/aromatic N) is 4. The van der Waals surface area contributed by atoms with Crippen LogP contribution in [-0.4, -0.2) is 68.4 Å². The molecule has 0 aliphatic carbocycles. The second-order valence-electron chi connectivity index (χ2n) is 8.21. The predicted octanol–water partition coefficient (Wildman–Crippen LogP) is 3.38. The van der Waals surface area contributed by atoms with E-state index in [4.69, 9.17) is 9.47 Å². The number of nitrogens with one attached hydrogen (secondary N) is 1. The van der Waals surface area contributed by atoms with Crippen LogP contribution in [0.1, 0.15) is 29.7 Å². The minimum absolute atomic E-state index is 0. The molecule has 4 rings (SSSR count). The third-order valence-electron chi connectivity index (χ3n) is 5.94. The lowest BCUT2D eigenvalue weighted by Crippen LogP contribution is -2.48. The maximum Gasteiger partial charge on any atom is 0.194 e. The van der Waals surface area contributed by atoms with E-state index in [0.29, 0.717) is 13.2 Å². The summed E-state index contributed by atoms with van der Waals surface area (Å²) < 4.78 is 11.7. The Morgan fingerprint density at radius 3 is 2.66 bits per heavy atom. The molecule has 2 atom stereocenters. The smallest absolute Gasteiger partial charge is 0.194 e. The molecule has 3 heterocycles. The molecule has 0 amide bonds. The molecule has 2 aliphatic rings. The van der Waals surface area contributed by atoms with Gasteiger partial charge in [-0.15, -0.1) is 24.0 Å². The van der Waals surface area contributed by atoms with E-state index in [0.717, 1.165) is 50.1 Å². The Morgan fingerprint density at radius 1 is 1.12 bits per heavy atom. The van der Waals surface area contributed by atoms with Gasteiger partial charge in [-0.05, 0) is 36.6 Å². The van der Waals surface area contributed by atoms with Crippen LogP contribution in [-0.2, 0) is 16.0 Å². The van der Waals surface area contributed by atoms with Crippen molar-refractivity contribution in [3.8, 4) is 0 Å². The molecule has 1 N–H and O–H groups in total. The van der Waals surface area contributed by atoms with Crippen molar-refractivity contribution >= 4 is 35.8 Å². The number of pyridine rings is 1. The summed E-state index contributed by atoms with van der Waals surface area (Å²) in [6.07, 6.45) is 2.26. The number of aryl methyl sites for hydroxylation is 1. The molecule has 7 nitrogen and oxygen atoms in total. The van der Waals surface area contributed by atoms with Gasteiger partial charge in [-0.25, -0.2) is 4.98 Å². The molecule has 32 heavy (non-hydrogen) atoms. The lowest BCUT2D eigenvalue weighted by Gasteiger charge is -2.35. The summed E-state index contributed by atoms with van der Waals surface area (Å²) in [5.41, 5.74) is 3.65. The Kier molecular flexibility index (Phi) is 9.12. The van der Waals surface area contributed by atoms with Crippen molar-refractivity contribution in [2.75, 3.05) is 51.3 Å². The summed E-state index contributed by atoms with van der Waals surface area (Å²) >= 11 is 0. The largest absolute Gasteiger partial charge is 0.375 e. The van der Waals surface area contributed by atoms with Crippen LogP contribution in [0.25, 0.3) is 0 Å². The number of morpholine rings is 2. The molecule has 2 aromatic rings. The molecule has 1 aromatic carbocycles. The van der Waals surface area contributed by atoms with Crippen LogP contribution >= 0.6 is 24.0 Å². The van der Waals surface area contributed by atoms with Crippen molar-refractivity contribution in [2.24, 2.45) is 4.99 Å². The fourth-order valence-electron chi connectivity index (χ4n) is 4.23. The highest BCUT2D eigenvalue weighted by Crippen LogP contribution is 2.25. The molecule has 2 aliphatic heterocycles. The zero-order valence-corrected chi connectivity index (χ0v) is 21.5. The maximum atomic E-state index is 6.06. The number of aromatic nitrogens is 1. The summed E-state index contributed by atoms with van der Waals surface area (Å²) in [4.78, 5) is 13.7. The van der Waals surface area contributed by atoms with Crippen molar-refractivity contribution < 1.29 is 9.47 Å². The van der Waals surface area contributed by atoms with Crippen LogP contribution in [0.15, 0.2) is 47.6 Å². The summed E-state index contributed by atoms with van der Waals surface area (Å²) in [6.45, 7) is 9.76. The van der Waals surface area contributed by atoms with Crippen molar-refractivity contribution in [3.05, 3.63) is 59.3 Å². The molecule has 0 spiro atoms. The Bertz CT molecular complexity index is 892. The summed E-state index contributed by atoms with van der Waals surface area (Å²) in [7, 11) is 1.83. The molecule has 0 saturated carbocycles.